The van der Waals surface area contributed by atoms with Crippen LogP contribution in [0.4, 0.5) is 0 Å². The number of ether oxygens (including phenoxy) is 2. The minimum Gasteiger partial charge on any atom is -0.497 e. The molecule has 0 unspecified atom stereocenters. The Balaban J connectivity index is 2.42. The first-order chi connectivity index (χ1) is 10.1. The number of carbonyl (C=O) groups excluding carboxylic acids is 2. The van der Waals surface area contributed by atoms with Gasteiger partial charge in [0, 0.05) is 4.88 Å². The zero-order chi connectivity index (χ0) is 15.4. The lowest BCUT2D eigenvalue weighted by Crippen LogP contribution is -2.15. The van der Waals surface area contributed by atoms with Crippen LogP contribution in [0.5, 0.6) is 5.75 Å². The highest BCUT2D eigenvalue weighted by Gasteiger charge is 2.21. The third-order valence-corrected chi connectivity index (χ3v) is 4.00. The highest BCUT2D eigenvalue weighted by molar-refractivity contribution is 7.17. The molecule has 0 atom stereocenters. The zero-order valence-electron chi connectivity index (χ0n) is 11.7. The van der Waals surface area contributed by atoms with Gasteiger partial charge in [-0.3, -0.25) is 4.79 Å². The molecule has 1 aromatic carbocycles. The van der Waals surface area contributed by atoms with Crippen molar-refractivity contribution in [2.75, 3.05) is 13.7 Å². The van der Waals surface area contributed by atoms with E-state index >= 15 is 0 Å². The molecule has 110 valence electrons. The molecule has 0 spiro atoms. The average Bonchev–Trinajstić information content (AvgIpc) is 2.93. The Kier molecular flexibility index (Phi) is 4.59. The number of amides is 1. The van der Waals surface area contributed by atoms with E-state index in [9.17, 15) is 9.59 Å². The van der Waals surface area contributed by atoms with E-state index in [4.69, 9.17) is 15.2 Å². The van der Waals surface area contributed by atoms with Crippen molar-refractivity contribution >= 4 is 23.2 Å². The minimum atomic E-state index is -0.644. The first-order valence-electron chi connectivity index (χ1n) is 6.32. The molecule has 2 aromatic rings. The molecule has 0 aliphatic carbocycles. The SMILES string of the molecule is CCOC(=O)c1sc(-c2ccc(OC)cc2)cc1C(N)=O. The van der Waals surface area contributed by atoms with Crippen molar-refractivity contribution in [1.29, 1.82) is 0 Å². The molecule has 1 heterocycles. The molecule has 2 N–H and O–H groups in total. The summed E-state index contributed by atoms with van der Waals surface area (Å²) in [7, 11) is 1.59. The van der Waals surface area contributed by atoms with Gasteiger partial charge in [-0.1, -0.05) is 0 Å². The molecule has 6 heteroatoms. The molecule has 1 amide bonds. The lowest BCUT2D eigenvalue weighted by atomic mass is 10.1. The first kappa shape index (κ1) is 15.1. The number of nitrogens with two attached hydrogens (primary N) is 1. The van der Waals surface area contributed by atoms with Crippen LogP contribution >= 0.6 is 11.3 Å². The van der Waals surface area contributed by atoms with Crippen LogP contribution in [0.15, 0.2) is 30.3 Å². The van der Waals surface area contributed by atoms with E-state index < -0.39 is 11.9 Å². The highest BCUT2D eigenvalue weighted by Crippen LogP contribution is 2.32. The minimum absolute atomic E-state index is 0.185. The van der Waals surface area contributed by atoms with E-state index in [1.807, 2.05) is 24.3 Å². The summed E-state index contributed by atoms with van der Waals surface area (Å²) in [5.41, 5.74) is 6.38. The van der Waals surface area contributed by atoms with Gasteiger partial charge in [0.1, 0.15) is 10.6 Å². The summed E-state index contributed by atoms with van der Waals surface area (Å²) in [6, 6.07) is 8.93. The number of thiophene rings is 1. The molecule has 21 heavy (non-hydrogen) atoms. The zero-order valence-corrected chi connectivity index (χ0v) is 12.5. The number of methoxy groups -OCH3 is 1. The number of carbonyl (C=O) groups is 2. The Morgan fingerprint density at radius 1 is 1.24 bits per heavy atom. The van der Waals surface area contributed by atoms with E-state index in [2.05, 4.69) is 0 Å². The van der Waals surface area contributed by atoms with Crippen molar-refractivity contribution in [3.63, 3.8) is 0 Å². The first-order valence-corrected chi connectivity index (χ1v) is 7.13. The van der Waals surface area contributed by atoms with Gasteiger partial charge >= 0.3 is 5.97 Å². The number of hydrogen-bond acceptors (Lipinski definition) is 5. The molecule has 0 radical (unpaired) electrons. The Morgan fingerprint density at radius 2 is 1.90 bits per heavy atom. The predicted molar refractivity (Wildman–Crippen MR) is 80.8 cm³/mol. The standard InChI is InChI=1S/C15H15NO4S/c1-3-20-15(18)13-11(14(16)17)8-12(21-13)9-4-6-10(19-2)7-5-9/h4-8H,3H2,1-2H3,(H2,16,17). The van der Waals surface area contributed by atoms with Crippen LogP contribution in [0.3, 0.4) is 0 Å². The van der Waals surface area contributed by atoms with Gasteiger partial charge in [0.05, 0.1) is 19.3 Å². The summed E-state index contributed by atoms with van der Waals surface area (Å²) in [4.78, 5) is 24.4. The van der Waals surface area contributed by atoms with E-state index in [0.29, 0.717) is 0 Å². The summed E-state index contributed by atoms with van der Waals surface area (Å²) in [5, 5.41) is 0. The number of hydrogen-bond donors (Lipinski definition) is 1. The third-order valence-electron chi connectivity index (χ3n) is 2.83. The van der Waals surface area contributed by atoms with Crippen LogP contribution in [0.2, 0.25) is 0 Å². The molecule has 0 aliphatic heterocycles. The van der Waals surface area contributed by atoms with Gasteiger partial charge in [0.2, 0.25) is 5.91 Å². The second-order valence-corrected chi connectivity index (χ2v) is 5.22. The van der Waals surface area contributed by atoms with Crippen LogP contribution in [0.1, 0.15) is 27.0 Å². The van der Waals surface area contributed by atoms with Crippen LogP contribution < -0.4 is 10.5 Å². The number of esters is 1. The van der Waals surface area contributed by atoms with Gasteiger partial charge < -0.3 is 15.2 Å². The molecule has 1 aromatic heterocycles. The Hall–Kier alpha value is -2.34. The maximum Gasteiger partial charge on any atom is 0.349 e. The highest BCUT2D eigenvalue weighted by atomic mass is 32.1. The van der Waals surface area contributed by atoms with Crippen LogP contribution in [0.25, 0.3) is 10.4 Å². The molecule has 0 fully saturated rings. The van der Waals surface area contributed by atoms with E-state index in [0.717, 1.165) is 16.2 Å². The maximum atomic E-state index is 11.9. The van der Waals surface area contributed by atoms with Gasteiger partial charge in [0.15, 0.2) is 0 Å². The van der Waals surface area contributed by atoms with Crippen molar-refractivity contribution < 1.29 is 19.1 Å². The summed E-state index contributed by atoms with van der Waals surface area (Å²) in [6.45, 7) is 1.95. The average molecular weight is 305 g/mol. The Morgan fingerprint density at radius 3 is 2.43 bits per heavy atom. The lowest BCUT2D eigenvalue weighted by Gasteiger charge is -2.01. The van der Waals surface area contributed by atoms with Crippen molar-refractivity contribution in [2.24, 2.45) is 5.73 Å². The fraction of sp³-hybridized carbons (Fsp3) is 0.200. The van der Waals surface area contributed by atoms with Crippen LogP contribution in [-0.2, 0) is 4.74 Å². The van der Waals surface area contributed by atoms with Crippen LogP contribution in [0, 0.1) is 0 Å². The van der Waals surface area contributed by atoms with Crippen molar-refractivity contribution in [3.05, 3.63) is 40.8 Å². The van der Waals surface area contributed by atoms with Gasteiger partial charge in [-0.2, -0.15) is 0 Å². The summed E-state index contributed by atoms with van der Waals surface area (Å²) >= 11 is 1.19. The van der Waals surface area contributed by atoms with Crippen molar-refractivity contribution in [2.45, 2.75) is 6.92 Å². The summed E-state index contributed by atoms with van der Waals surface area (Å²) in [6.07, 6.45) is 0. The predicted octanol–water partition coefficient (Wildman–Crippen LogP) is 2.70. The Labute approximate surface area is 126 Å². The van der Waals surface area contributed by atoms with E-state index in [1.165, 1.54) is 11.3 Å². The van der Waals surface area contributed by atoms with E-state index in [-0.39, 0.29) is 17.0 Å². The second kappa shape index (κ2) is 6.41. The molecule has 0 saturated heterocycles. The summed E-state index contributed by atoms with van der Waals surface area (Å²) < 4.78 is 10.0. The molecule has 0 saturated carbocycles. The quantitative estimate of drug-likeness (QED) is 0.861. The Bertz CT molecular complexity index is 661. The van der Waals surface area contributed by atoms with Crippen molar-refractivity contribution in [3.8, 4) is 16.2 Å². The van der Waals surface area contributed by atoms with Gasteiger partial charge in [-0.05, 0) is 42.8 Å². The fourth-order valence-corrected chi connectivity index (χ4v) is 2.88. The number of rotatable bonds is 5. The van der Waals surface area contributed by atoms with Gasteiger partial charge in [-0.25, -0.2) is 4.79 Å². The largest absolute Gasteiger partial charge is 0.497 e. The smallest absolute Gasteiger partial charge is 0.349 e. The summed E-state index contributed by atoms with van der Waals surface area (Å²) in [5.74, 6) is -0.443. The molecular weight excluding hydrogens is 290 g/mol. The fourth-order valence-electron chi connectivity index (χ4n) is 1.82. The molecular formula is C15H15NO4S. The molecule has 2 rings (SSSR count). The topological polar surface area (TPSA) is 78.6 Å². The number of benzene rings is 1. The normalized spacial score (nSPS) is 10.2. The second-order valence-electron chi connectivity index (χ2n) is 4.17. The van der Waals surface area contributed by atoms with Crippen LogP contribution in [-0.4, -0.2) is 25.6 Å². The monoisotopic (exact) mass is 305 g/mol. The molecule has 0 bridgehead atoms. The lowest BCUT2D eigenvalue weighted by molar-refractivity contribution is 0.0529. The van der Waals surface area contributed by atoms with E-state index in [1.54, 1.807) is 20.1 Å². The number of primary amides is 1. The molecule has 0 aliphatic rings. The van der Waals surface area contributed by atoms with Gasteiger partial charge in [-0.15, -0.1) is 11.3 Å². The van der Waals surface area contributed by atoms with Crippen molar-refractivity contribution in [1.82, 2.24) is 0 Å². The maximum absolute atomic E-state index is 11.9. The molecule has 5 nitrogen and oxygen atoms in total. The third kappa shape index (κ3) is 3.22. The van der Waals surface area contributed by atoms with Gasteiger partial charge in [0.25, 0.3) is 0 Å².